The Labute approximate surface area is 108 Å². The Morgan fingerprint density at radius 3 is 2.50 bits per heavy atom. The first-order chi connectivity index (χ1) is 7.81. The maximum absolute atomic E-state index is 5.67. The zero-order valence-corrected chi connectivity index (χ0v) is 11.9. The Kier molecular flexibility index (Phi) is 5.11. The van der Waals surface area contributed by atoms with E-state index in [1.807, 2.05) is 0 Å². The molecule has 16 heavy (non-hydrogen) atoms. The standard InChI is InChI=1S/C13H24BrNO/c1-2-3-7-16-8-6-15-12-4-5-13(15)10-11(14)9-12/h11-13H,2-10H2,1H3. The maximum Gasteiger partial charge on any atom is 0.0593 e. The minimum absolute atomic E-state index is 0.766. The van der Waals surface area contributed by atoms with E-state index in [0.717, 1.165) is 36.7 Å². The number of hydrogen-bond donors (Lipinski definition) is 0. The van der Waals surface area contributed by atoms with Gasteiger partial charge in [-0.1, -0.05) is 29.3 Å². The molecule has 0 aliphatic carbocycles. The average Bonchev–Trinajstić information content (AvgIpc) is 2.51. The van der Waals surface area contributed by atoms with Gasteiger partial charge >= 0.3 is 0 Å². The second-order valence-electron chi connectivity index (χ2n) is 5.16. The van der Waals surface area contributed by atoms with Gasteiger partial charge in [0, 0.05) is 30.1 Å². The predicted molar refractivity (Wildman–Crippen MR) is 71.2 cm³/mol. The Hall–Kier alpha value is 0.400. The second kappa shape index (κ2) is 6.36. The Bertz CT molecular complexity index is 198. The lowest BCUT2D eigenvalue weighted by molar-refractivity contribution is 0.0682. The van der Waals surface area contributed by atoms with E-state index in [2.05, 4.69) is 27.8 Å². The molecular formula is C13H24BrNO. The van der Waals surface area contributed by atoms with Crippen molar-refractivity contribution in [1.29, 1.82) is 0 Å². The van der Waals surface area contributed by atoms with Crippen LogP contribution in [0.5, 0.6) is 0 Å². The van der Waals surface area contributed by atoms with E-state index in [1.54, 1.807) is 0 Å². The minimum Gasteiger partial charge on any atom is -0.380 e. The van der Waals surface area contributed by atoms with Crippen molar-refractivity contribution < 1.29 is 4.74 Å². The van der Waals surface area contributed by atoms with Crippen LogP contribution in [-0.2, 0) is 4.74 Å². The summed E-state index contributed by atoms with van der Waals surface area (Å²) < 4.78 is 5.67. The summed E-state index contributed by atoms with van der Waals surface area (Å²) in [5, 5.41) is 0. The molecule has 2 heterocycles. The van der Waals surface area contributed by atoms with Crippen LogP contribution in [0, 0.1) is 0 Å². The van der Waals surface area contributed by atoms with Crippen LogP contribution in [0.25, 0.3) is 0 Å². The highest BCUT2D eigenvalue weighted by Crippen LogP contribution is 2.37. The molecular weight excluding hydrogens is 266 g/mol. The summed E-state index contributed by atoms with van der Waals surface area (Å²) in [6, 6.07) is 1.66. The molecule has 0 spiro atoms. The maximum atomic E-state index is 5.67. The summed E-state index contributed by atoms with van der Waals surface area (Å²) in [6.45, 7) is 5.24. The lowest BCUT2D eigenvalue weighted by atomic mass is 10.0. The van der Waals surface area contributed by atoms with Crippen molar-refractivity contribution >= 4 is 15.9 Å². The van der Waals surface area contributed by atoms with Crippen LogP contribution in [0.2, 0.25) is 0 Å². The molecule has 0 aromatic heterocycles. The van der Waals surface area contributed by atoms with Crippen LogP contribution >= 0.6 is 15.9 Å². The van der Waals surface area contributed by atoms with Crippen LogP contribution in [0.3, 0.4) is 0 Å². The highest BCUT2D eigenvalue weighted by Gasteiger charge is 2.39. The van der Waals surface area contributed by atoms with E-state index < -0.39 is 0 Å². The summed E-state index contributed by atoms with van der Waals surface area (Å²) in [5.41, 5.74) is 0. The van der Waals surface area contributed by atoms with Crippen molar-refractivity contribution in [2.45, 2.75) is 62.4 Å². The van der Waals surface area contributed by atoms with Gasteiger partial charge < -0.3 is 4.74 Å². The monoisotopic (exact) mass is 289 g/mol. The fraction of sp³-hybridized carbons (Fsp3) is 1.00. The van der Waals surface area contributed by atoms with Gasteiger partial charge in [-0.15, -0.1) is 0 Å². The molecule has 2 saturated heterocycles. The van der Waals surface area contributed by atoms with Crippen LogP contribution in [0.4, 0.5) is 0 Å². The van der Waals surface area contributed by atoms with E-state index >= 15 is 0 Å². The van der Waals surface area contributed by atoms with E-state index in [9.17, 15) is 0 Å². The zero-order chi connectivity index (χ0) is 11.4. The first-order valence-corrected chi connectivity index (χ1v) is 7.70. The third-order valence-electron chi connectivity index (χ3n) is 3.96. The second-order valence-corrected chi connectivity index (χ2v) is 6.45. The molecule has 94 valence electrons. The Morgan fingerprint density at radius 1 is 1.19 bits per heavy atom. The molecule has 2 aliphatic rings. The van der Waals surface area contributed by atoms with Gasteiger partial charge in [0.25, 0.3) is 0 Å². The topological polar surface area (TPSA) is 12.5 Å². The van der Waals surface area contributed by atoms with Crippen molar-refractivity contribution in [3.63, 3.8) is 0 Å². The van der Waals surface area contributed by atoms with Gasteiger partial charge in [-0.2, -0.15) is 0 Å². The Morgan fingerprint density at radius 2 is 1.88 bits per heavy atom. The quantitative estimate of drug-likeness (QED) is 0.550. The van der Waals surface area contributed by atoms with Gasteiger partial charge in [-0.25, -0.2) is 0 Å². The van der Waals surface area contributed by atoms with Crippen molar-refractivity contribution in [3.8, 4) is 0 Å². The third-order valence-corrected chi connectivity index (χ3v) is 4.71. The van der Waals surface area contributed by atoms with Gasteiger partial charge in [0.15, 0.2) is 0 Å². The summed E-state index contributed by atoms with van der Waals surface area (Å²) in [6.07, 6.45) is 7.93. The first kappa shape index (κ1) is 12.8. The molecule has 0 aromatic rings. The zero-order valence-electron chi connectivity index (χ0n) is 10.3. The Balaban J connectivity index is 1.66. The average molecular weight is 290 g/mol. The fourth-order valence-electron chi connectivity index (χ4n) is 3.09. The number of halogens is 1. The van der Waals surface area contributed by atoms with E-state index in [1.165, 1.54) is 38.5 Å². The molecule has 3 heteroatoms. The lowest BCUT2D eigenvalue weighted by Gasteiger charge is -2.37. The lowest BCUT2D eigenvalue weighted by Crippen LogP contribution is -2.44. The number of ether oxygens (including phenoxy) is 1. The molecule has 2 rings (SSSR count). The van der Waals surface area contributed by atoms with Gasteiger partial charge in [0.2, 0.25) is 0 Å². The van der Waals surface area contributed by atoms with E-state index in [-0.39, 0.29) is 0 Å². The van der Waals surface area contributed by atoms with Crippen molar-refractivity contribution in [3.05, 3.63) is 0 Å². The molecule has 0 amide bonds. The highest BCUT2D eigenvalue weighted by atomic mass is 79.9. The minimum atomic E-state index is 0.766. The smallest absolute Gasteiger partial charge is 0.0593 e. The van der Waals surface area contributed by atoms with Crippen molar-refractivity contribution in [2.24, 2.45) is 0 Å². The van der Waals surface area contributed by atoms with E-state index in [4.69, 9.17) is 4.74 Å². The molecule has 0 N–H and O–H groups in total. The highest BCUT2D eigenvalue weighted by molar-refractivity contribution is 9.09. The molecule has 2 nitrogen and oxygen atoms in total. The molecule has 2 fully saturated rings. The van der Waals surface area contributed by atoms with Crippen LogP contribution in [0.15, 0.2) is 0 Å². The fourth-order valence-corrected chi connectivity index (χ4v) is 3.95. The van der Waals surface area contributed by atoms with Crippen molar-refractivity contribution in [2.75, 3.05) is 19.8 Å². The van der Waals surface area contributed by atoms with Crippen LogP contribution in [0.1, 0.15) is 45.4 Å². The van der Waals surface area contributed by atoms with Gasteiger partial charge in [-0.3, -0.25) is 4.90 Å². The van der Waals surface area contributed by atoms with Gasteiger partial charge in [0.05, 0.1) is 6.61 Å². The molecule has 2 atom stereocenters. The molecule has 0 aromatic carbocycles. The van der Waals surface area contributed by atoms with E-state index in [0.29, 0.717) is 0 Å². The normalized spacial score (nSPS) is 34.5. The largest absolute Gasteiger partial charge is 0.380 e. The summed E-state index contributed by atoms with van der Waals surface area (Å²) in [7, 11) is 0. The van der Waals surface area contributed by atoms with Crippen LogP contribution in [-0.4, -0.2) is 41.6 Å². The van der Waals surface area contributed by atoms with Crippen LogP contribution < -0.4 is 0 Å². The summed E-state index contributed by atoms with van der Waals surface area (Å²) in [4.78, 5) is 3.46. The summed E-state index contributed by atoms with van der Waals surface area (Å²) >= 11 is 3.78. The SMILES string of the molecule is CCCCOCCN1C2CCC1CC(Br)C2. The number of unbranched alkanes of at least 4 members (excludes halogenated alkanes) is 1. The molecule has 2 bridgehead atoms. The molecule has 0 saturated carbocycles. The summed E-state index contributed by atoms with van der Waals surface area (Å²) in [5.74, 6) is 0. The van der Waals surface area contributed by atoms with Gasteiger partial charge in [0.1, 0.15) is 0 Å². The number of alkyl halides is 1. The van der Waals surface area contributed by atoms with Crippen molar-refractivity contribution in [1.82, 2.24) is 4.90 Å². The first-order valence-electron chi connectivity index (χ1n) is 6.78. The number of nitrogens with zero attached hydrogens (tertiary/aromatic N) is 1. The number of rotatable bonds is 6. The molecule has 2 aliphatic heterocycles. The number of fused-ring (bicyclic) bond motifs is 2. The number of piperidine rings is 1. The number of hydrogen-bond acceptors (Lipinski definition) is 2. The molecule has 2 unspecified atom stereocenters. The molecule has 0 radical (unpaired) electrons. The predicted octanol–water partition coefficient (Wildman–Crippen LogP) is 3.19. The van der Waals surface area contributed by atoms with Gasteiger partial charge in [-0.05, 0) is 32.1 Å². The third kappa shape index (κ3) is 3.21.